The van der Waals surface area contributed by atoms with E-state index in [9.17, 15) is 4.79 Å². The quantitative estimate of drug-likeness (QED) is 0.625. The number of carbonyl (C=O) groups excluding carboxylic acids is 1. The third-order valence-corrected chi connectivity index (χ3v) is 5.12. The van der Waals surface area contributed by atoms with Crippen molar-refractivity contribution in [1.82, 2.24) is 10.2 Å². The van der Waals surface area contributed by atoms with Crippen LogP contribution in [-0.2, 0) is 4.79 Å². The van der Waals surface area contributed by atoms with E-state index in [1.807, 2.05) is 26.2 Å². The van der Waals surface area contributed by atoms with E-state index in [1.54, 1.807) is 12.1 Å². The van der Waals surface area contributed by atoms with Gasteiger partial charge < -0.3 is 4.74 Å². The molecule has 0 saturated carbocycles. The molecule has 22 heavy (non-hydrogen) atoms. The number of benzene rings is 1. The molecule has 1 amide bonds. The number of rotatable bonds is 6. The van der Waals surface area contributed by atoms with Gasteiger partial charge in [-0.15, -0.1) is 10.2 Å². The first kappa shape index (κ1) is 17.1. The molecule has 0 bridgehead atoms. The van der Waals surface area contributed by atoms with Gasteiger partial charge in [-0.3, -0.25) is 10.1 Å². The van der Waals surface area contributed by atoms with Gasteiger partial charge >= 0.3 is 0 Å². The van der Waals surface area contributed by atoms with Crippen molar-refractivity contribution >= 4 is 45.7 Å². The summed E-state index contributed by atoms with van der Waals surface area (Å²) in [7, 11) is 0. The molecular formula is C14H16ClN3O2S2. The SMILES string of the molecule is CC[C@@H](Oc1ccc(Cl)c(C)c1)C(=O)Nc1nnc(SC)s1. The zero-order valence-electron chi connectivity index (χ0n) is 12.4. The number of aromatic nitrogens is 2. The standard InChI is InChI=1S/C14H16ClN3O2S2/c1-4-11(20-9-5-6-10(15)8(2)7-9)12(19)16-13-17-18-14(21-3)22-13/h5-7,11H,4H2,1-3H3,(H,16,17,19)/t11-/m1/s1. The van der Waals surface area contributed by atoms with Crippen molar-refractivity contribution in [3.63, 3.8) is 0 Å². The topological polar surface area (TPSA) is 64.1 Å². The van der Waals surface area contributed by atoms with E-state index in [0.29, 0.717) is 22.3 Å². The van der Waals surface area contributed by atoms with E-state index in [4.69, 9.17) is 16.3 Å². The van der Waals surface area contributed by atoms with E-state index < -0.39 is 6.10 Å². The van der Waals surface area contributed by atoms with E-state index in [2.05, 4.69) is 15.5 Å². The second kappa shape index (κ2) is 7.80. The van der Waals surface area contributed by atoms with Crippen molar-refractivity contribution in [3.05, 3.63) is 28.8 Å². The summed E-state index contributed by atoms with van der Waals surface area (Å²) < 4.78 is 6.55. The highest BCUT2D eigenvalue weighted by molar-refractivity contribution is 8.00. The molecule has 1 aromatic heterocycles. The van der Waals surface area contributed by atoms with Crippen LogP contribution in [0.5, 0.6) is 5.75 Å². The Bertz CT molecular complexity index is 663. The fourth-order valence-electron chi connectivity index (χ4n) is 1.71. The summed E-state index contributed by atoms with van der Waals surface area (Å²) in [4.78, 5) is 12.3. The zero-order chi connectivity index (χ0) is 16.1. The van der Waals surface area contributed by atoms with Crippen LogP contribution in [0.1, 0.15) is 18.9 Å². The van der Waals surface area contributed by atoms with Gasteiger partial charge in [-0.25, -0.2) is 0 Å². The van der Waals surface area contributed by atoms with Crippen LogP contribution in [0.25, 0.3) is 0 Å². The van der Waals surface area contributed by atoms with Crippen molar-refractivity contribution in [1.29, 1.82) is 0 Å². The van der Waals surface area contributed by atoms with E-state index in [-0.39, 0.29) is 5.91 Å². The van der Waals surface area contributed by atoms with Gasteiger partial charge in [-0.2, -0.15) is 0 Å². The monoisotopic (exact) mass is 357 g/mol. The lowest BCUT2D eigenvalue weighted by atomic mass is 10.2. The minimum absolute atomic E-state index is 0.237. The van der Waals surface area contributed by atoms with E-state index >= 15 is 0 Å². The first-order valence-electron chi connectivity index (χ1n) is 6.64. The lowest BCUT2D eigenvalue weighted by Crippen LogP contribution is -2.32. The number of hydrogen-bond acceptors (Lipinski definition) is 6. The first-order valence-corrected chi connectivity index (χ1v) is 9.06. The van der Waals surface area contributed by atoms with Crippen LogP contribution in [0.2, 0.25) is 5.02 Å². The minimum Gasteiger partial charge on any atom is -0.481 e. The van der Waals surface area contributed by atoms with Crippen LogP contribution < -0.4 is 10.1 Å². The lowest BCUT2D eigenvalue weighted by Gasteiger charge is -2.16. The van der Waals surface area contributed by atoms with Crippen LogP contribution in [0.4, 0.5) is 5.13 Å². The Morgan fingerprint density at radius 1 is 1.50 bits per heavy atom. The highest BCUT2D eigenvalue weighted by Crippen LogP contribution is 2.25. The van der Waals surface area contributed by atoms with Gasteiger partial charge in [0.15, 0.2) is 10.4 Å². The van der Waals surface area contributed by atoms with Crippen molar-refractivity contribution in [2.75, 3.05) is 11.6 Å². The van der Waals surface area contributed by atoms with Gasteiger partial charge in [0.1, 0.15) is 5.75 Å². The second-order valence-corrected chi connectivity index (χ2v) is 6.93. The van der Waals surface area contributed by atoms with Gasteiger partial charge in [0.05, 0.1) is 0 Å². The number of nitrogens with zero attached hydrogens (tertiary/aromatic N) is 2. The molecule has 8 heteroatoms. The van der Waals surface area contributed by atoms with Gasteiger partial charge in [0.25, 0.3) is 5.91 Å². The second-order valence-electron chi connectivity index (χ2n) is 4.49. The predicted molar refractivity (Wildman–Crippen MR) is 91.2 cm³/mol. The van der Waals surface area contributed by atoms with Crippen LogP contribution in [0.15, 0.2) is 22.5 Å². The summed E-state index contributed by atoms with van der Waals surface area (Å²) >= 11 is 8.81. The summed E-state index contributed by atoms with van der Waals surface area (Å²) in [5.74, 6) is 0.380. The van der Waals surface area contributed by atoms with Gasteiger partial charge in [0, 0.05) is 5.02 Å². The summed E-state index contributed by atoms with van der Waals surface area (Å²) in [6.45, 7) is 3.78. The first-order chi connectivity index (χ1) is 10.5. The molecule has 1 heterocycles. The van der Waals surface area contributed by atoms with Gasteiger partial charge in [-0.05, 0) is 43.4 Å². The van der Waals surface area contributed by atoms with Crippen molar-refractivity contribution < 1.29 is 9.53 Å². The Morgan fingerprint density at radius 2 is 2.27 bits per heavy atom. The van der Waals surface area contributed by atoms with Crippen LogP contribution in [0, 0.1) is 6.92 Å². The average Bonchev–Trinajstić information content (AvgIpc) is 2.95. The largest absolute Gasteiger partial charge is 0.481 e. The maximum Gasteiger partial charge on any atom is 0.267 e. The number of ether oxygens (including phenoxy) is 1. The molecule has 0 spiro atoms. The van der Waals surface area contributed by atoms with Crippen LogP contribution in [-0.4, -0.2) is 28.5 Å². The lowest BCUT2D eigenvalue weighted by molar-refractivity contribution is -0.122. The third kappa shape index (κ3) is 4.34. The molecule has 1 atom stereocenters. The minimum atomic E-state index is -0.595. The van der Waals surface area contributed by atoms with E-state index in [1.165, 1.54) is 23.1 Å². The fourth-order valence-corrected chi connectivity index (χ4v) is 3.00. The molecule has 0 aliphatic rings. The molecule has 0 fully saturated rings. The third-order valence-electron chi connectivity index (χ3n) is 2.88. The molecular weight excluding hydrogens is 342 g/mol. The molecule has 0 radical (unpaired) electrons. The van der Waals surface area contributed by atoms with Crippen molar-refractivity contribution in [2.45, 2.75) is 30.7 Å². The normalized spacial score (nSPS) is 12.0. The number of hydrogen-bond donors (Lipinski definition) is 1. The van der Waals surface area contributed by atoms with Crippen molar-refractivity contribution in [3.8, 4) is 5.75 Å². The van der Waals surface area contributed by atoms with Crippen LogP contribution in [0.3, 0.4) is 0 Å². The molecule has 0 aliphatic carbocycles. The number of aryl methyl sites for hydroxylation is 1. The molecule has 0 saturated heterocycles. The molecule has 5 nitrogen and oxygen atoms in total. The smallest absolute Gasteiger partial charge is 0.267 e. The number of thioether (sulfide) groups is 1. The molecule has 1 aromatic carbocycles. The highest BCUT2D eigenvalue weighted by atomic mass is 35.5. The Labute approximate surface area is 142 Å². The predicted octanol–water partition coefficient (Wildman–Crippen LogP) is 4.02. The number of nitrogens with one attached hydrogen (secondary N) is 1. The summed E-state index contributed by atoms with van der Waals surface area (Å²) in [5, 5.41) is 11.7. The number of carbonyl (C=O) groups is 1. The number of halogens is 1. The maximum absolute atomic E-state index is 12.3. The molecule has 2 aromatic rings. The van der Waals surface area contributed by atoms with Gasteiger partial charge in [-0.1, -0.05) is 41.6 Å². The summed E-state index contributed by atoms with van der Waals surface area (Å²) in [6, 6.07) is 5.32. The highest BCUT2D eigenvalue weighted by Gasteiger charge is 2.20. The fraction of sp³-hybridized carbons (Fsp3) is 0.357. The maximum atomic E-state index is 12.3. The Hall–Kier alpha value is -1.31. The summed E-state index contributed by atoms with van der Waals surface area (Å²) in [6.07, 6.45) is 1.86. The molecule has 0 unspecified atom stereocenters. The van der Waals surface area contributed by atoms with Crippen molar-refractivity contribution in [2.24, 2.45) is 0 Å². The number of amides is 1. The summed E-state index contributed by atoms with van der Waals surface area (Å²) in [5.41, 5.74) is 0.906. The zero-order valence-corrected chi connectivity index (χ0v) is 14.8. The Kier molecular flexibility index (Phi) is 6.05. The average molecular weight is 358 g/mol. The van der Waals surface area contributed by atoms with Gasteiger partial charge in [0.2, 0.25) is 5.13 Å². The molecule has 1 N–H and O–H groups in total. The molecule has 0 aliphatic heterocycles. The van der Waals surface area contributed by atoms with E-state index in [0.717, 1.165) is 9.90 Å². The Balaban J connectivity index is 2.03. The number of anilines is 1. The van der Waals surface area contributed by atoms with Crippen LogP contribution >= 0.6 is 34.7 Å². The molecule has 2 rings (SSSR count). The molecule has 118 valence electrons. The Morgan fingerprint density at radius 3 is 2.86 bits per heavy atom.